The second-order valence-electron chi connectivity index (χ2n) is 7.01. The van der Waals surface area contributed by atoms with E-state index in [2.05, 4.69) is 66.5 Å². The van der Waals surface area contributed by atoms with Gasteiger partial charge in [-0.3, -0.25) is 4.98 Å². The van der Waals surface area contributed by atoms with Crippen LogP contribution < -0.4 is 0 Å². The molecule has 0 saturated heterocycles. The van der Waals surface area contributed by atoms with Gasteiger partial charge in [0.05, 0.1) is 16.6 Å². The minimum absolute atomic E-state index is 0.856. The van der Waals surface area contributed by atoms with Gasteiger partial charge in [-0.1, -0.05) is 55.5 Å². The minimum Gasteiger partial charge on any atom is -0.342 e. The fourth-order valence-electron chi connectivity index (χ4n) is 3.87. The standard InChI is InChI=1S/C24H21N3/c1-2-16-7-5-8-20-19(16)13-14-22-24(20)27-23(26-22)15-12-18-11-10-17-6-3-4-9-21(17)25-18/h3-11,13-14H,2,12,15H2,1H3,(H,26,27). The number of aromatic amines is 1. The van der Waals surface area contributed by atoms with Gasteiger partial charge in [0.25, 0.3) is 0 Å². The molecule has 0 radical (unpaired) electrons. The highest BCUT2D eigenvalue weighted by Gasteiger charge is 2.09. The summed E-state index contributed by atoms with van der Waals surface area (Å²) >= 11 is 0. The van der Waals surface area contributed by atoms with Crippen LogP contribution >= 0.6 is 0 Å². The summed E-state index contributed by atoms with van der Waals surface area (Å²) in [5, 5.41) is 3.73. The fraction of sp³-hybridized carbons (Fsp3) is 0.167. The van der Waals surface area contributed by atoms with Gasteiger partial charge in [0.15, 0.2) is 0 Å². The monoisotopic (exact) mass is 351 g/mol. The smallest absolute Gasteiger partial charge is 0.107 e. The van der Waals surface area contributed by atoms with Gasteiger partial charge in [0.2, 0.25) is 0 Å². The SMILES string of the molecule is CCc1cccc2c1ccc1[nH]c(CCc3ccc4ccccc4n3)nc12. The highest BCUT2D eigenvalue weighted by molar-refractivity contribution is 6.05. The Morgan fingerprint density at radius 1 is 0.778 bits per heavy atom. The number of hydrogen-bond donors (Lipinski definition) is 1. The van der Waals surface area contributed by atoms with E-state index in [4.69, 9.17) is 9.97 Å². The maximum atomic E-state index is 4.91. The number of aromatic nitrogens is 3. The lowest BCUT2D eigenvalue weighted by Gasteiger charge is -2.04. The van der Waals surface area contributed by atoms with Crippen LogP contribution in [0.5, 0.6) is 0 Å². The molecule has 3 nitrogen and oxygen atoms in total. The molecule has 0 aliphatic carbocycles. The van der Waals surface area contributed by atoms with Crippen molar-refractivity contribution in [3.63, 3.8) is 0 Å². The van der Waals surface area contributed by atoms with Gasteiger partial charge in [-0.15, -0.1) is 0 Å². The molecule has 27 heavy (non-hydrogen) atoms. The van der Waals surface area contributed by atoms with Gasteiger partial charge in [-0.05, 0) is 42.0 Å². The number of nitrogens with one attached hydrogen (secondary N) is 1. The predicted octanol–water partition coefficient (Wildman–Crippen LogP) is 5.61. The molecule has 1 N–H and O–H groups in total. The van der Waals surface area contributed by atoms with Crippen molar-refractivity contribution in [3.8, 4) is 0 Å². The van der Waals surface area contributed by atoms with Crippen LogP contribution in [0.1, 0.15) is 24.0 Å². The number of rotatable bonds is 4. The first-order valence-electron chi connectivity index (χ1n) is 9.55. The van der Waals surface area contributed by atoms with E-state index in [-0.39, 0.29) is 0 Å². The molecule has 0 amide bonds. The van der Waals surface area contributed by atoms with Gasteiger partial charge < -0.3 is 4.98 Å². The van der Waals surface area contributed by atoms with Crippen LogP contribution in [0.15, 0.2) is 66.7 Å². The highest BCUT2D eigenvalue weighted by Crippen LogP contribution is 2.27. The van der Waals surface area contributed by atoms with Crippen LogP contribution in [0.4, 0.5) is 0 Å². The molecular weight excluding hydrogens is 330 g/mol. The van der Waals surface area contributed by atoms with Crippen LogP contribution in [-0.2, 0) is 19.3 Å². The predicted molar refractivity (Wildman–Crippen MR) is 112 cm³/mol. The van der Waals surface area contributed by atoms with Crippen LogP contribution in [0.3, 0.4) is 0 Å². The largest absolute Gasteiger partial charge is 0.342 e. The molecule has 0 fully saturated rings. The van der Waals surface area contributed by atoms with Crippen molar-refractivity contribution in [1.82, 2.24) is 15.0 Å². The quantitative estimate of drug-likeness (QED) is 0.457. The topological polar surface area (TPSA) is 41.6 Å². The van der Waals surface area contributed by atoms with Crippen LogP contribution in [-0.4, -0.2) is 15.0 Å². The number of nitrogens with zero attached hydrogens (tertiary/aromatic N) is 2. The molecule has 0 unspecified atom stereocenters. The number of imidazole rings is 1. The zero-order chi connectivity index (χ0) is 18.2. The molecule has 5 rings (SSSR count). The third-order valence-corrected chi connectivity index (χ3v) is 5.30. The molecule has 0 bridgehead atoms. The number of aryl methyl sites for hydroxylation is 3. The Kier molecular flexibility index (Phi) is 3.86. The summed E-state index contributed by atoms with van der Waals surface area (Å²) in [6.45, 7) is 2.20. The Bertz CT molecular complexity index is 1270. The Morgan fingerprint density at radius 2 is 1.70 bits per heavy atom. The summed E-state index contributed by atoms with van der Waals surface area (Å²) in [4.78, 5) is 13.2. The van der Waals surface area contributed by atoms with Crippen molar-refractivity contribution in [2.24, 2.45) is 0 Å². The summed E-state index contributed by atoms with van der Waals surface area (Å²) in [6, 6.07) is 23.4. The van der Waals surface area contributed by atoms with E-state index in [0.717, 1.165) is 47.3 Å². The minimum atomic E-state index is 0.856. The summed E-state index contributed by atoms with van der Waals surface area (Å²) in [6.07, 6.45) is 2.77. The van der Waals surface area contributed by atoms with E-state index in [1.165, 1.54) is 21.7 Å². The lowest BCUT2D eigenvalue weighted by atomic mass is 10.0. The number of hydrogen-bond acceptors (Lipinski definition) is 2. The van der Waals surface area contributed by atoms with Crippen LogP contribution in [0, 0.1) is 0 Å². The maximum Gasteiger partial charge on any atom is 0.107 e. The van der Waals surface area contributed by atoms with Gasteiger partial charge in [0.1, 0.15) is 5.82 Å². The lowest BCUT2D eigenvalue weighted by molar-refractivity contribution is 0.866. The first kappa shape index (κ1) is 16.0. The average molecular weight is 351 g/mol. The summed E-state index contributed by atoms with van der Waals surface area (Å²) < 4.78 is 0. The maximum absolute atomic E-state index is 4.91. The molecule has 0 spiro atoms. The number of pyridine rings is 1. The van der Waals surface area contributed by atoms with E-state index < -0.39 is 0 Å². The van der Waals surface area contributed by atoms with Crippen LogP contribution in [0.2, 0.25) is 0 Å². The summed E-state index contributed by atoms with van der Waals surface area (Å²) in [7, 11) is 0. The third-order valence-electron chi connectivity index (χ3n) is 5.30. The van der Waals surface area contributed by atoms with Crippen molar-refractivity contribution in [3.05, 3.63) is 83.8 Å². The molecule has 0 atom stereocenters. The summed E-state index contributed by atoms with van der Waals surface area (Å²) in [5.41, 5.74) is 5.71. The number of para-hydroxylation sites is 1. The van der Waals surface area contributed by atoms with E-state index in [9.17, 15) is 0 Å². The van der Waals surface area contributed by atoms with Crippen LogP contribution in [0.25, 0.3) is 32.7 Å². The second kappa shape index (κ2) is 6.51. The molecule has 0 saturated carbocycles. The molecule has 3 heteroatoms. The molecular formula is C24H21N3. The number of H-pyrrole nitrogens is 1. The highest BCUT2D eigenvalue weighted by atomic mass is 14.9. The molecule has 132 valence electrons. The van der Waals surface area contributed by atoms with Gasteiger partial charge in [-0.25, -0.2) is 4.98 Å². The molecule has 5 aromatic rings. The van der Waals surface area contributed by atoms with Gasteiger partial charge in [-0.2, -0.15) is 0 Å². The van der Waals surface area contributed by atoms with E-state index in [1.807, 2.05) is 12.1 Å². The molecule has 3 aromatic carbocycles. The van der Waals surface area contributed by atoms with Crippen molar-refractivity contribution >= 4 is 32.7 Å². The van der Waals surface area contributed by atoms with E-state index in [0.29, 0.717) is 0 Å². The first-order valence-corrected chi connectivity index (χ1v) is 9.55. The van der Waals surface area contributed by atoms with Gasteiger partial charge >= 0.3 is 0 Å². The van der Waals surface area contributed by atoms with E-state index >= 15 is 0 Å². The molecule has 2 heterocycles. The Hall–Kier alpha value is -3.20. The van der Waals surface area contributed by atoms with Crippen molar-refractivity contribution in [2.75, 3.05) is 0 Å². The second-order valence-corrected chi connectivity index (χ2v) is 7.01. The number of benzene rings is 3. The van der Waals surface area contributed by atoms with Gasteiger partial charge in [0, 0.05) is 22.9 Å². The van der Waals surface area contributed by atoms with Crippen molar-refractivity contribution in [2.45, 2.75) is 26.2 Å². The normalized spacial score (nSPS) is 11.6. The van der Waals surface area contributed by atoms with Crippen molar-refractivity contribution in [1.29, 1.82) is 0 Å². The lowest BCUT2D eigenvalue weighted by Crippen LogP contribution is -1.96. The number of fused-ring (bicyclic) bond motifs is 4. The van der Waals surface area contributed by atoms with Crippen molar-refractivity contribution < 1.29 is 0 Å². The Morgan fingerprint density at radius 3 is 2.63 bits per heavy atom. The molecule has 2 aromatic heterocycles. The fourth-order valence-corrected chi connectivity index (χ4v) is 3.87. The third kappa shape index (κ3) is 2.85. The Labute approximate surface area is 158 Å². The Balaban J connectivity index is 1.47. The zero-order valence-electron chi connectivity index (χ0n) is 15.4. The molecule has 0 aliphatic rings. The summed E-state index contributed by atoms with van der Waals surface area (Å²) in [5.74, 6) is 1.02. The zero-order valence-corrected chi connectivity index (χ0v) is 15.4. The average Bonchev–Trinajstić information content (AvgIpc) is 3.15. The molecule has 0 aliphatic heterocycles. The first-order chi connectivity index (χ1) is 13.3. The van der Waals surface area contributed by atoms with E-state index in [1.54, 1.807) is 0 Å².